The van der Waals surface area contributed by atoms with Crippen LogP contribution in [0.5, 0.6) is 0 Å². The van der Waals surface area contributed by atoms with E-state index in [-0.39, 0.29) is 44.4 Å². The predicted molar refractivity (Wildman–Crippen MR) is 283 cm³/mol. The number of methoxy groups -OCH3 is 1. The summed E-state index contributed by atoms with van der Waals surface area (Å²) in [5.41, 5.74) is 3.50. The number of hydrogen-bond acceptors (Lipinski definition) is 18. The number of nitrogens with one attached hydrogen (secondary N) is 1. The van der Waals surface area contributed by atoms with Gasteiger partial charge in [0.15, 0.2) is 27.1 Å². The summed E-state index contributed by atoms with van der Waals surface area (Å²) < 4.78 is 18.0. The Morgan fingerprint density at radius 1 is 0.605 bits per heavy atom. The smallest absolute Gasteiger partial charge is 0.419 e. The molecule has 0 spiro atoms. The molecular formula is C52H49N7O14S3. The quantitative estimate of drug-likeness (QED) is 0.0524. The molecule has 24 heteroatoms. The average Bonchev–Trinajstić information content (AvgIpc) is 4.25. The molecule has 0 unspecified atom stereocenters. The second kappa shape index (κ2) is 24.1. The summed E-state index contributed by atoms with van der Waals surface area (Å²) in [6, 6.07) is 21.6. The van der Waals surface area contributed by atoms with Gasteiger partial charge in [-0.15, -0.1) is 34.0 Å². The van der Waals surface area contributed by atoms with Gasteiger partial charge in [-0.3, -0.25) is 28.4 Å². The molecule has 394 valence electrons. The van der Waals surface area contributed by atoms with Gasteiger partial charge >= 0.3 is 30.1 Å². The van der Waals surface area contributed by atoms with Crippen LogP contribution in [0.1, 0.15) is 114 Å². The summed E-state index contributed by atoms with van der Waals surface area (Å²) in [6.45, 7) is 10.6. The van der Waals surface area contributed by atoms with Gasteiger partial charge in [0.05, 0.1) is 47.5 Å². The van der Waals surface area contributed by atoms with E-state index in [1.54, 1.807) is 90.2 Å². The third kappa shape index (κ3) is 13.7. The fourth-order valence-corrected chi connectivity index (χ4v) is 8.76. The van der Waals surface area contributed by atoms with Crippen molar-refractivity contribution in [2.24, 2.45) is 0 Å². The van der Waals surface area contributed by atoms with Crippen LogP contribution in [0.3, 0.4) is 0 Å². The molecule has 0 aliphatic carbocycles. The molecule has 21 nitrogen and oxygen atoms in total. The summed E-state index contributed by atoms with van der Waals surface area (Å²) in [4.78, 5) is 114. The van der Waals surface area contributed by atoms with E-state index in [9.17, 15) is 38.4 Å². The predicted octanol–water partition coefficient (Wildman–Crippen LogP) is 10.4. The number of ether oxygens (including phenoxy) is 3. The van der Waals surface area contributed by atoms with E-state index in [0.717, 1.165) is 38.6 Å². The SMILES string of the molecule is CC(C)(C)OC(=O)n1cc(C(=O)c2nc(C(=O)O)cs2)c2ccccc21.COC(=O)c1csc(C(=O)c2c[nH]c3ccccc23)n1.CON(C)C(=O)c1cn(C(=O)OC(C)(C)C)c2ccccc12.O=C(O)c1cscn1. The molecule has 9 rings (SSSR count). The van der Waals surface area contributed by atoms with E-state index in [2.05, 4.69) is 24.7 Å². The van der Waals surface area contributed by atoms with Crippen molar-refractivity contribution in [3.05, 3.63) is 157 Å². The highest BCUT2D eigenvalue weighted by Crippen LogP contribution is 2.28. The van der Waals surface area contributed by atoms with Crippen molar-refractivity contribution in [3.63, 3.8) is 0 Å². The van der Waals surface area contributed by atoms with Gasteiger partial charge in [0, 0.05) is 63.5 Å². The number of aromatic amines is 1. The Balaban J connectivity index is 0.000000173. The number of rotatable bonds is 9. The summed E-state index contributed by atoms with van der Waals surface area (Å²) in [7, 11) is 4.20. The number of H-pyrrole nitrogens is 1. The van der Waals surface area contributed by atoms with E-state index in [0.29, 0.717) is 32.9 Å². The zero-order valence-corrected chi connectivity index (χ0v) is 44.6. The van der Waals surface area contributed by atoms with Crippen molar-refractivity contribution in [3.8, 4) is 0 Å². The van der Waals surface area contributed by atoms with Gasteiger partial charge in [0.2, 0.25) is 11.6 Å². The van der Waals surface area contributed by atoms with Gasteiger partial charge in [-0.25, -0.2) is 44.0 Å². The number of carbonyl (C=O) groups is 8. The van der Waals surface area contributed by atoms with Crippen molar-refractivity contribution < 1.29 is 67.6 Å². The van der Waals surface area contributed by atoms with E-state index in [1.165, 1.54) is 75.8 Å². The molecule has 0 fully saturated rings. The second-order valence-electron chi connectivity index (χ2n) is 17.8. The number of nitrogens with zero attached hydrogens (tertiary/aromatic N) is 6. The minimum atomic E-state index is -1.20. The molecule has 0 aliphatic heterocycles. The summed E-state index contributed by atoms with van der Waals surface area (Å²) in [5.74, 6) is -3.69. The molecule has 6 heterocycles. The van der Waals surface area contributed by atoms with Gasteiger partial charge in [0.1, 0.15) is 11.2 Å². The van der Waals surface area contributed by atoms with Crippen molar-refractivity contribution in [2.45, 2.75) is 52.7 Å². The molecule has 6 aromatic heterocycles. The lowest BCUT2D eigenvalue weighted by Crippen LogP contribution is -2.27. The molecule has 0 saturated carbocycles. The standard InChI is InChI=1S/C18H16N2O5S.C16H20N2O4.C14H10N2O3S.C4H3NO2S/c1-18(2,3)25-17(24)20-8-11(10-6-4-5-7-13(10)20)14(21)15-19-12(9-26-15)16(22)23;1-16(2,3)22-15(20)18-10-12(14(19)17(4)21-5)11-8-6-7-9-13(11)18;1-19-14(18)11-7-20-13(16-11)12(17)9-6-15-10-5-3-2-4-8(9)10;6-4(7)3-1-8-2-5-3/h4-9H,1-3H3,(H,22,23);6-10H,1-5H3;2-7,15H,1H3;1-2H,(H,6,7). The summed E-state index contributed by atoms with van der Waals surface area (Å²) in [6.07, 6.45) is 3.42. The van der Waals surface area contributed by atoms with Crippen LogP contribution in [-0.2, 0) is 19.0 Å². The van der Waals surface area contributed by atoms with Gasteiger partial charge in [-0.05, 0) is 59.7 Å². The number of thiazole rings is 3. The van der Waals surface area contributed by atoms with E-state index < -0.39 is 47.1 Å². The molecule has 9 aromatic rings. The average molecular weight is 1090 g/mol. The Hall–Kier alpha value is -8.71. The zero-order chi connectivity index (χ0) is 55.6. The normalized spacial score (nSPS) is 11.0. The second-order valence-corrected chi connectivity index (χ2v) is 20.2. The van der Waals surface area contributed by atoms with Gasteiger partial charge in [-0.1, -0.05) is 54.6 Å². The Kier molecular flexibility index (Phi) is 17.9. The Labute approximate surface area is 444 Å². The number of hydrogen-bond donors (Lipinski definition) is 3. The van der Waals surface area contributed by atoms with Crippen LogP contribution in [0.4, 0.5) is 9.59 Å². The number of fused-ring (bicyclic) bond motifs is 3. The molecule has 3 aromatic carbocycles. The third-order valence-electron chi connectivity index (χ3n) is 10.1. The summed E-state index contributed by atoms with van der Waals surface area (Å²) >= 11 is 3.36. The number of amides is 1. The first-order valence-corrected chi connectivity index (χ1v) is 25.1. The van der Waals surface area contributed by atoms with Gasteiger partial charge in [0.25, 0.3) is 5.91 Å². The number of carbonyl (C=O) groups excluding carboxylic acids is 6. The molecule has 3 N–H and O–H groups in total. The van der Waals surface area contributed by atoms with Crippen LogP contribution >= 0.6 is 34.0 Å². The lowest BCUT2D eigenvalue weighted by atomic mass is 10.1. The first kappa shape index (κ1) is 56.6. The Morgan fingerprint density at radius 2 is 1.08 bits per heavy atom. The van der Waals surface area contributed by atoms with Crippen LogP contribution in [0.15, 0.2) is 113 Å². The van der Waals surface area contributed by atoms with Gasteiger partial charge < -0.3 is 29.4 Å². The Bertz CT molecular complexity index is 3610. The van der Waals surface area contributed by atoms with Crippen molar-refractivity contribution in [2.75, 3.05) is 21.3 Å². The molecular weight excluding hydrogens is 1040 g/mol. The fourth-order valence-electron chi connectivity index (χ4n) is 6.75. The van der Waals surface area contributed by atoms with E-state index >= 15 is 0 Å². The van der Waals surface area contributed by atoms with Crippen molar-refractivity contribution >= 4 is 114 Å². The molecule has 76 heavy (non-hydrogen) atoms. The molecule has 0 bridgehead atoms. The lowest BCUT2D eigenvalue weighted by Gasteiger charge is -2.19. The van der Waals surface area contributed by atoms with Gasteiger partial charge in [-0.2, -0.15) is 0 Å². The lowest BCUT2D eigenvalue weighted by molar-refractivity contribution is -0.0755. The maximum absolute atomic E-state index is 12.8. The first-order chi connectivity index (χ1) is 35.9. The highest BCUT2D eigenvalue weighted by Gasteiger charge is 2.27. The van der Waals surface area contributed by atoms with E-state index in [1.807, 2.05) is 30.3 Å². The number of esters is 1. The first-order valence-electron chi connectivity index (χ1n) is 22.4. The Morgan fingerprint density at radius 3 is 1.55 bits per heavy atom. The third-order valence-corrected chi connectivity index (χ3v) is 12.4. The summed E-state index contributed by atoms with van der Waals surface area (Å²) in [5, 5.41) is 25.0. The number of para-hydroxylation sites is 3. The fraction of sp³-hybridized carbons (Fsp3) is 0.212. The number of benzene rings is 3. The highest BCUT2D eigenvalue weighted by atomic mass is 32.1. The number of carboxylic acids is 2. The maximum Gasteiger partial charge on any atom is 0.419 e. The monoisotopic (exact) mass is 1090 g/mol. The molecule has 0 atom stereocenters. The number of ketones is 2. The van der Waals surface area contributed by atoms with Crippen LogP contribution in [0, 0.1) is 0 Å². The molecule has 0 saturated heterocycles. The maximum atomic E-state index is 12.8. The number of aromatic carboxylic acids is 2. The highest BCUT2D eigenvalue weighted by molar-refractivity contribution is 7.12. The largest absolute Gasteiger partial charge is 0.476 e. The van der Waals surface area contributed by atoms with Crippen LogP contribution in [-0.4, -0.2) is 124 Å². The number of hydroxylamine groups is 2. The minimum Gasteiger partial charge on any atom is -0.476 e. The number of carboxylic acid groups (broad SMARTS) is 2. The zero-order valence-electron chi connectivity index (χ0n) is 42.2. The van der Waals surface area contributed by atoms with E-state index in [4.69, 9.17) is 24.5 Å². The molecule has 0 aliphatic rings. The number of aromatic nitrogens is 6. The minimum absolute atomic E-state index is 0.0505. The van der Waals surface area contributed by atoms with Crippen molar-refractivity contribution in [1.82, 2.24) is 34.1 Å². The van der Waals surface area contributed by atoms with Crippen molar-refractivity contribution in [1.29, 1.82) is 0 Å². The van der Waals surface area contributed by atoms with Crippen LogP contribution in [0.25, 0.3) is 32.7 Å². The molecule has 1 amide bonds. The molecule has 0 radical (unpaired) electrons. The topological polar surface area (TPSA) is 281 Å². The van der Waals surface area contributed by atoms with Crippen LogP contribution in [0.2, 0.25) is 0 Å². The van der Waals surface area contributed by atoms with Crippen LogP contribution < -0.4 is 0 Å².